The molecule has 8 rings (SSSR count). The largest absolute Gasteiger partial charge is 0.487 e. The molecule has 6 aromatic rings. The Morgan fingerprint density at radius 3 is 2.60 bits per heavy atom. The molecule has 2 aromatic carbocycles. The minimum absolute atomic E-state index is 0.223. The standard InChI is InChI=1S/C36H34ClFN8OS/c37-30-19-27(4-7-32(30)47-22-25-2-1-3-26(38)18-25)43-35-33-28-5-6-31-29(34(28)48-36(33)41-23-40-35)20-42-46(31)17-16-44-12-14-45(15-13-44)21-24-8-10-39-11-9-24/h1-4,7-11,18-20,23H,5-6,12-17,21-22H2,(H,40,41,43). The minimum Gasteiger partial charge on any atom is -0.487 e. The Morgan fingerprint density at radius 2 is 1.77 bits per heavy atom. The predicted octanol–water partition coefficient (Wildman–Crippen LogP) is 6.98. The van der Waals surface area contributed by atoms with Gasteiger partial charge < -0.3 is 10.1 Å². The van der Waals surface area contributed by atoms with Gasteiger partial charge in [-0.15, -0.1) is 11.3 Å². The molecular weight excluding hydrogens is 647 g/mol. The van der Waals surface area contributed by atoms with Crippen LogP contribution in [0.25, 0.3) is 20.7 Å². The molecule has 12 heteroatoms. The first-order valence-electron chi connectivity index (χ1n) is 16.2. The Morgan fingerprint density at radius 1 is 0.917 bits per heavy atom. The van der Waals surface area contributed by atoms with Crippen LogP contribution in [0.3, 0.4) is 0 Å². The number of fused-ring (bicyclic) bond motifs is 5. The van der Waals surface area contributed by atoms with Gasteiger partial charge in [-0.3, -0.25) is 19.5 Å². The highest BCUT2D eigenvalue weighted by Crippen LogP contribution is 2.45. The third-order valence-electron chi connectivity index (χ3n) is 9.12. The van der Waals surface area contributed by atoms with Crippen molar-refractivity contribution >= 4 is 44.7 Å². The van der Waals surface area contributed by atoms with Crippen LogP contribution in [0.4, 0.5) is 15.9 Å². The second-order valence-electron chi connectivity index (χ2n) is 12.2. The van der Waals surface area contributed by atoms with E-state index in [-0.39, 0.29) is 12.4 Å². The van der Waals surface area contributed by atoms with Crippen LogP contribution in [-0.4, -0.2) is 67.3 Å². The van der Waals surface area contributed by atoms with Crippen LogP contribution in [-0.2, 0) is 32.5 Å². The average Bonchev–Trinajstić information content (AvgIpc) is 3.70. The lowest BCUT2D eigenvalue weighted by Gasteiger charge is -2.34. The number of halogens is 2. The highest BCUT2D eigenvalue weighted by molar-refractivity contribution is 7.22. The molecule has 4 aromatic heterocycles. The Bertz CT molecular complexity index is 2060. The number of aryl methyl sites for hydroxylation is 1. The minimum atomic E-state index is -0.295. The molecule has 0 bridgehead atoms. The Balaban J connectivity index is 0.933. The molecule has 2 aliphatic rings. The van der Waals surface area contributed by atoms with E-state index in [1.165, 1.54) is 39.4 Å². The molecule has 1 aliphatic carbocycles. The van der Waals surface area contributed by atoms with Crippen LogP contribution in [0, 0.1) is 5.82 Å². The van der Waals surface area contributed by atoms with Crippen molar-refractivity contribution in [1.29, 1.82) is 0 Å². The zero-order valence-corrected chi connectivity index (χ0v) is 27.9. The number of benzene rings is 2. The molecule has 0 spiro atoms. The summed E-state index contributed by atoms with van der Waals surface area (Å²) in [6.07, 6.45) is 9.19. The number of anilines is 2. The number of hydrogen-bond acceptors (Lipinski definition) is 9. The molecule has 1 N–H and O–H groups in total. The number of nitrogens with one attached hydrogen (secondary N) is 1. The molecule has 48 heavy (non-hydrogen) atoms. The van der Waals surface area contributed by atoms with Crippen molar-refractivity contribution in [1.82, 2.24) is 34.5 Å². The number of hydrogen-bond donors (Lipinski definition) is 1. The Kier molecular flexibility index (Phi) is 8.75. The van der Waals surface area contributed by atoms with Crippen LogP contribution in [0.5, 0.6) is 5.75 Å². The summed E-state index contributed by atoms with van der Waals surface area (Å²) < 4.78 is 21.6. The van der Waals surface area contributed by atoms with E-state index in [4.69, 9.17) is 21.4 Å². The van der Waals surface area contributed by atoms with Gasteiger partial charge in [-0.2, -0.15) is 5.10 Å². The molecule has 5 heterocycles. The maximum Gasteiger partial charge on any atom is 0.142 e. The Labute approximate surface area is 287 Å². The lowest BCUT2D eigenvalue weighted by Crippen LogP contribution is -2.46. The molecule has 0 amide bonds. The van der Waals surface area contributed by atoms with Crippen molar-refractivity contribution in [3.63, 3.8) is 0 Å². The number of nitrogens with zero attached hydrogens (tertiary/aromatic N) is 7. The number of thiophene rings is 1. The van der Waals surface area contributed by atoms with E-state index in [1.54, 1.807) is 23.7 Å². The summed E-state index contributed by atoms with van der Waals surface area (Å²) in [6, 6.07) is 16.1. The summed E-state index contributed by atoms with van der Waals surface area (Å²) in [5, 5.41) is 9.82. The fourth-order valence-electron chi connectivity index (χ4n) is 6.62. The average molecular weight is 681 g/mol. The molecule has 0 unspecified atom stereocenters. The van der Waals surface area contributed by atoms with Gasteiger partial charge in [0.25, 0.3) is 0 Å². The van der Waals surface area contributed by atoms with Crippen molar-refractivity contribution in [3.05, 3.63) is 113 Å². The summed E-state index contributed by atoms with van der Waals surface area (Å²) in [6.45, 7) is 7.37. The van der Waals surface area contributed by atoms with E-state index in [1.807, 2.05) is 42.9 Å². The first-order chi connectivity index (χ1) is 23.6. The monoisotopic (exact) mass is 680 g/mol. The molecule has 0 saturated carbocycles. The smallest absolute Gasteiger partial charge is 0.142 e. The van der Waals surface area contributed by atoms with E-state index in [0.717, 1.165) is 85.9 Å². The molecule has 1 saturated heterocycles. The Hall–Kier alpha value is -4.42. The third-order valence-corrected chi connectivity index (χ3v) is 10.6. The second-order valence-corrected chi connectivity index (χ2v) is 13.6. The lowest BCUT2D eigenvalue weighted by atomic mass is 9.95. The second kappa shape index (κ2) is 13.6. The highest BCUT2D eigenvalue weighted by atomic mass is 35.5. The van der Waals surface area contributed by atoms with Crippen molar-refractivity contribution in [2.24, 2.45) is 0 Å². The van der Waals surface area contributed by atoms with Crippen molar-refractivity contribution < 1.29 is 9.13 Å². The van der Waals surface area contributed by atoms with Crippen LogP contribution < -0.4 is 10.1 Å². The molecule has 244 valence electrons. The van der Waals surface area contributed by atoms with Gasteiger partial charge >= 0.3 is 0 Å². The van der Waals surface area contributed by atoms with Gasteiger partial charge in [0, 0.05) is 73.5 Å². The van der Waals surface area contributed by atoms with E-state index in [2.05, 4.69) is 46.9 Å². The van der Waals surface area contributed by atoms with E-state index in [0.29, 0.717) is 10.8 Å². The SMILES string of the molecule is Fc1cccc(COc2ccc(Nc3ncnc4sc5c(c34)CCc3c-5cnn3CCN3CCN(Cc4ccncc4)CC3)cc2Cl)c1. The van der Waals surface area contributed by atoms with Crippen LogP contribution >= 0.6 is 22.9 Å². The summed E-state index contributed by atoms with van der Waals surface area (Å²) in [4.78, 5) is 20.7. The number of piperazine rings is 1. The zero-order valence-electron chi connectivity index (χ0n) is 26.3. The van der Waals surface area contributed by atoms with Crippen molar-refractivity contribution in [3.8, 4) is 16.2 Å². The van der Waals surface area contributed by atoms with Gasteiger partial charge in [0.15, 0.2) is 0 Å². The summed E-state index contributed by atoms with van der Waals surface area (Å²) in [5.74, 6) is 0.984. The molecule has 1 aliphatic heterocycles. The molecular formula is C36H34ClFN8OS. The molecule has 0 radical (unpaired) electrons. The summed E-state index contributed by atoms with van der Waals surface area (Å²) in [5.41, 5.74) is 6.61. The summed E-state index contributed by atoms with van der Waals surface area (Å²) >= 11 is 8.29. The zero-order chi connectivity index (χ0) is 32.5. The van der Waals surface area contributed by atoms with E-state index >= 15 is 0 Å². The summed E-state index contributed by atoms with van der Waals surface area (Å²) in [7, 11) is 0. The van der Waals surface area contributed by atoms with Gasteiger partial charge in [-0.05, 0) is 72.0 Å². The predicted molar refractivity (Wildman–Crippen MR) is 187 cm³/mol. The van der Waals surface area contributed by atoms with Gasteiger partial charge in [-0.1, -0.05) is 23.7 Å². The maximum atomic E-state index is 13.5. The topological polar surface area (TPSA) is 84.2 Å². The van der Waals surface area contributed by atoms with Gasteiger partial charge in [0.05, 0.1) is 23.2 Å². The third kappa shape index (κ3) is 6.51. The first kappa shape index (κ1) is 30.9. The normalized spacial score (nSPS) is 15.0. The van der Waals surface area contributed by atoms with Crippen molar-refractivity contribution in [2.45, 2.75) is 32.5 Å². The number of ether oxygens (including phenoxy) is 1. The first-order valence-corrected chi connectivity index (χ1v) is 17.4. The van der Waals surface area contributed by atoms with Crippen LogP contribution in [0.2, 0.25) is 5.02 Å². The molecule has 9 nitrogen and oxygen atoms in total. The fourth-order valence-corrected chi connectivity index (χ4v) is 8.07. The number of pyridine rings is 1. The van der Waals surface area contributed by atoms with Crippen LogP contribution in [0.1, 0.15) is 22.4 Å². The van der Waals surface area contributed by atoms with Gasteiger partial charge in [0.1, 0.15) is 35.1 Å². The molecule has 1 fully saturated rings. The van der Waals surface area contributed by atoms with E-state index < -0.39 is 0 Å². The van der Waals surface area contributed by atoms with Gasteiger partial charge in [-0.25, -0.2) is 14.4 Å². The number of aromatic nitrogens is 5. The highest BCUT2D eigenvalue weighted by Gasteiger charge is 2.27. The number of rotatable bonds is 10. The lowest BCUT2D eigenvalue weighted by molar-refractivity contribution is 0.123. The van der Waals surface area contributed by atoms with Gasteiger partial charge in [0.2, 0.25) is 0 Å². The molecule has 0 atom stereocenters. The fraction of sp³-hybridized carbons (Fsp3) is 0.278. The maximum absolute atomic E-state index is 13.5. The van der Waals surface area contributed by atoms with E-state index in [9.17, 15) is 4.39 Å². The quantitative estimate of drug-likeness (QED) is 0.166. The van der Waals surface area contributed by atoms with Crippen LogP contribution in [0.15, 0.2) is 79.5 Å². The van der Waals surface area contributed by atoms with Crippen molar-refractivity contribution in [2.75, 3.05) is 38.0 Å².